The molecular formula is C13H12N2O3. The largest absolute Gasteiger partial charge is 0.477 e. The van der Waals surface area contributed by atoms with Gasteiger partial charge in [-0.3, -0.25) is 9.78 Å². The lowest BCUT2D eigenvalue weighted by molar-refractivity contribution is 0.0694. The summed E-state index contributed by atoms with van der Waals surface area (Å²) in [6.07, 6.45) is 4.57. The number of aromatic carboxylic acids is 1. The van der Waals surface area contributed by atoms with Crippen molar-refractivity contribution < 1.29 is 9.90 Å². The first-order valence-corrected chi connectivity index (χ1v) is 5.42. The standard InChI is InChI=1S/C13H12N2O3/c1-9-3-2-5-14-11(9)8-15-6-4-12(16)10(7-15)13(17)18/h2-7H,8H2,1H3,(H,17,18). The van der Waals surface area contributed by atoms with Crippen LogP contribution in [0.1, 0.15) is 21.6 Å². The Balaban J connectivity index is 2.36. The molecule has 0 aliphatic heterocycles. The van der Waals surface area contributed by atoms with Gasteiger partial charge < -0.3 is 9.67 Å². The van der Waals surface area contributed by atoms with Crippen molar-refractivity contribution in [1.82, 2.24) is 9.55 Å². The van der Waals surface area contributed by atoms with Crippen molar-refractivity contribution in [3.63, 3.8) is 0 Å². The number of hydrogen-bond acceptors (Lipinski definition) is 3. The Morgan fingerprint density at radius 3 is 2.89 bits per heavy atom. The van der Waals surface area contributed by atoms with Gasteiger partial charge in [-0.15, -0.1) is 0 Å². The lowest BCUT2D eigenvalue weighted by Gasteiger charge is -2.08. The zero-order chi connectivity index (χ0) is 13.1. The molecule has 2 aromatic rings. The van der Waals surface area contributed by atoms with E-state index in [0.717, 1.165) is 11.3 Å². The van der Waals surface area contributed by atoms with Gasteiger partial charge in [0.25, 0.3) is 0 Å². The van der Waals surface area contributed by atoms with Crippen molar-refractivity contribution in [3.8, 4) is 0 Å². The summed E-state index contributed by atoms with van der Waals surface area (Å²) >= 11 is 0. The van der Waals surface area contributed by atoms with Crippen LogP contribution in [0.4, 0.5) is 0 Å². The Kier molecular flexibility index (Phi) is 3.23. The van der Waals surface area contributed by atoms with E-state index < -0.39 is 11.4 Å². The Labute approximate surface area is 103 Å². The van der Waals surface area contributed by atoms with Crippen LogP contribution in [-0.2, 0) is 6.54 Å². The molecule has 0 atom stereocenters. The van der Waals surface area contributed by atoms with Gasteiger partial charge in [0.15, 0.2) is 5.43 Å². The quantitative estimate of drug-likeness (QED) is 0.883. The monoisotopic (exact) mass is 244 g/mol. The fraction of sp³-hybridized carbons (Fsp3) is 0.154. The van der Waals surface area contributed by atoms with Gasteiger partial charge in [0.2, 0.25) is 0 Å². The molecule has 0 spiro atoms. The molecule has 18 heavy (non-hydrogen) atoms. The van der Waals surface area contributed by atoms with Gasteiger partial charge in [-0.1, -0.05) is 6.07 Å². The molecule has 5 nitrogen and oxygen atoms in total. The summed E-state index contributed by atoms with van der Waals surface area (Å²) in [6, 6.07) is 5.03. The second kappa shape index (κ2) is 4.83. The lowest BCUT2D eigenvalue weighted by atomic mass is 10.2. The van der Waals surface area contributed by atoms with Crippen LogP contribution in [0.15, 0.2) is 41.6 Å². The van der Waals surface area contributed by atoms with E-state index in [1.165, 1.54) is 12.3 Å². The average Bonchev–Trinajstić information content (AvgIpc) is 2.34. The van der Waals surface area contributed by atoms with Crippen LogP contribution in [0.25, 0.3) is 0 Å². The molecule has 2 aromatic heterocycles. The average molecular weight is 244 g/mol. The summed E-state index contributed by atoms with van der Waals surface area (Å²) in [5.74, 6) is -1.22. The maximum Gasteiger partial charge on any atom is 0.341 e. The van der Waals surface area contributed by atoms with Gasteiger partial charge in [-0.25, -0.2) is 4.79 Å². The molecule has 0 unspecified atom stereocenters. The molecule has 92 valence electrons. The van der Waals surface area contributed by atoms with Crippen molar-refractivity contribution >= 4 is 5.97 Å². The molecule has 0 radical (unpaired) electrons. The highest BCUT2D eigenvalue weighted by Gasteiger charge is 2.09. The minimum atomic E-state index is -1.22. The number of hydrogen-bond donors (Lipinski definition) is 1. The van der Waals surface area contributed by atoms with E-state index >= 15 is 0 Å². The molecule has 0 aliphatic carbocycles. The molecule has 0 aliphatic rings. The van der Waals surface area contributed by atoms with Gasteiger partial charge in [0.05, 0.1) is 12.2 Å². The highest BCUT2D eigenvalue weighted by molar-refractivity contribution is 5.86. The smallest absolute Gasteiger partial charge is 0.341 e. The number of pyridine rings is 2. The number of nitrogens with zero attached hydrogens (tertiary/aromatic N) is 2. The maximum absolute atomic E-state index is 11.3. The molecule has 2 rings (SSSR count). The van der Waals surface area contributed by atoms with Crippen LogP contribution < -0.4 is 5.43 Å². The minimum Gasteiger partial charge on any atom is -0.477 e. The van der Waals surface area contributed by atoms with E-state index in [9.17, 15) is 9.59 Å². The van der Waals surface area contributed by atoms with E-state index in [1.54, 1.807) is 17.0 Å². The SMILES string of the molecule is Cc1cccnc1Cn1ccc(=O)c(C(=O)O)c1. The molecule has 1 N–H and O–H groups in total. The van der Waals surface area contributed by atoms with Crippen molar-refractivity contribution in [2.45, 2.75) is 13.5 Å². The van der Waals surface area contributed by atoms with E-state index in [0.29, 0.717) is 6.54 Å². The number of carbonyl (C=O) groups is 1. The Hall–Kier alpha value is -2.43. The fourth-order valence-corrected chi connectivity index (χ4v) is 1.64. The van der Waals surface area contributed by atoms with E-state index in [2.05, 4.69) is 4.98 Å². The molecule has 0 bridgehead atoms. The van der Waals surface area contributed by atoms with E-state index in [4.69, 9.17) is 5.11 Å². The second-order valence-corrected chi connectivity index (χ2v) is 3.97. The molecular weight excluding hydrogens is 232 g/mol. The number of carboxylic acid groups (broad SMARTS) is 1. The van der Waals surface area contributed by atoms with Crippen LogP contribution in [0.3, 0.4) is 0 Å². The summed E-state index contributed by atoms with van der Waals surface area (Å²) < 4.78 is 1.64. The highest BCUT2D eigenvalue weighted by Crippen LogP contribution is 2.05. The maximum atomic E-state index is 11.3. The molecule has 0 aromatic carbocycles. The number of aryl methyl sites for hydroxylation is 1. The summed E-state index contributed by atoms with van der Waals surface area (Å²) in [5.41, 5.74) is 1.15. The van der Waals surface area contributed by atoms with Crippen molar-refractivity contribution in [3.05, 3.63) is 63.8 Å². The topological polar surface area (TPSA) is 72.2 Å². The Morgan fingerprint density at radius 1 is 1.44 bits per heavy atom. The molecule has 0 saturated carbocycles. The van der Waals surface area contributed by atoms with Gasteiger partial charge in [-0.05, 0) is 18.6 Å². The number of rotatable bonds is 3. The van der Waals surface area contributed by atoms with Gasteiger partial charge in [-0.2, -0.15) is 0 Å². The zero-order valence-corrected chi connectivity index (χ0v) is 9.83. The fourth-order valence-electron chi connectivity index (χ4n) is 1.64. The molecule has 2 heterocycles. The third kappa shape index (κ3) is 2.45. The molecule has 0 amide bonds. The lowest BCUT2D eigenvalue weighted by Crippen LogP contribution is -2.17. The van der Waals surface area contributed by atoms with E-state index in [1.807, 2.05) is 19.1 Å². The second-order valence-electron chi connectivity index (χ2n) is 3.97. The van der Waals surface area contributed by atoms with Crippen LogP contribution in [-0.4, -0.2) is 20.6 Å². The number of aromatic nitrogens is 2. The van der Waals surface area contributed by atoms with Gasteiger partial charge >= 0.3 is 5.97 Å². The third-order valence-corrected chi connectivity index (χ3v) is 2.66. The first-order chi connectivity index (χ1) is 8.58. The molecule has 0 fully saturated rings. The first kappa shape index (κ1) is 12.0. The van der Waals surface area contributed by atoms with Crippen LogP contribution in [0, 0.1) is 6.92 Å². The number of carboxylic acids is 1. The van der Waals surface area contributed by atoms with Crippen molar-refractivity contribution in [1.29, 1.82) is 0 Å². The summed E-state index contributed by atoms with van der Waals surface area (Å²) in [7, 11) is 0. The summed E-state index contributed by atoms with van der Waals surface area (Å²) in [4.78, 5) is 26.4. The van der Waals surface area contributed by atoms with Crippen LogP contribution >= 0.6 is 0 Å². The first-order valence-electron chi connectivity index (χ1n) is 5.42. The summed E-state index contributed by atoms with van der Waals surface area (Å²) in [5, 5.41) is 8.88. The molecule has 0 saturated heterocycles. The van der Waals surface area contributed by atoms with Gasteiger partial charge in [0, 0.05) is 24.7 Å². The van der Waals surface area contributed by atoms with E-state index in [-0.39, 0.29) is 5.56 Å². The normalized spacial score (nSPS) is 10.3. The Bertz CT molecular complexity index is 647. The summed E-state index contributed by atoms with van der Waals surface area (Å²) in [6.45, 7) is 2.37. The highest BCUT2D eigenvalue weighted by atomic mass is 16.4. The molecule has 5 heteroatoms. The van der Waals surface area contributed by atoms with Crippen LogP contribution in [0.2, 0.25) is 0 Å². The van der Waals surface area contributed by atoms with Crippen LogP contribution in [0.5, 0.6) is 0 Å². The Morgan fingerprint density at radius 2 is 2.22 bits per heavy atom. The van der Waals surface area contributed by atoms with Gasteiger partial charge in [0.1, 0.15) is 5.56 Å². The predicted molar refractivity (Wildman–Crippen MR) is 65.7 cm³/mol. The van der Waals surface area contributed by atoms with Crippen molar-refractivity contribution in [2.24, 2.45) is 0 Å². The minimum absolute atomic E-state index is 0.230. The third-order valence-electron chi connectivity index (χ3n) is 2.66. The predicted octanol–water partition coefficient (Wildman–Crippen LogP) is 1.30. The van der Waals surface area contributed by atoms with Crippen molar-refractivity contribution in [2.75, 3.05) is 0 Å². The zero-order valence-electron chi connectivity index (χ0n) is 9.83.